The van der Waals surface area contributed by atoms with Crippen molar-refractivity contribution in [2.75, 3.05) is 5.73 Å². The van der Waals surface area contributed by atoms with Crippen molar-refractivity contribution in [2.24, 2.45) is 0 Å². The molecule has 3 N–H and O–H groups in total. The molecule has 1 saturated carbocycles. The molecule has 1 fully saturated rings. The summed E-state index contributed by atoms with van der Waals surface area (Å²) in [6.07, 6.45) is 8.95. The zero-order chi connectivity index (χ0) is 11.4. The Morgan fingerprint density at radius 1 is 1.38 bits per heavy atom. The van der Waals surface area contributed by atoms with Crippen LogP contribution in [0.5, 0.6) is 0 Å². The summed E-state index contributed by atoms with van der Waals surface area (Å²) in [5.74, 6) is -0.0770. The number of nitrogens with two attached hydrogens (primary N) is 1. The molecule has 86 valence electrons. The number of nitrogens with zero attached hydrogens (tertiary/aromatic N) is 1. The predicted molar refractivity (Wildman–Crippen MR) is 63.0 cm³/mol. The molecule has 0 radical (unpaired) electrons. The van der Waals surface area contributed by atoms with Gasteiger partial charge in [0.15, 0.2) is 0 Å². The highest BCUT2D eigenvalue weighted by Gasteiger charge is 2.17. The Hall–Kier alpha value is -1.58. The number of nitrogens with one attached hydrogen (secondary N) is 1. The Labute approximate surface area is 95.3 Å². The summed E-state index contributed by atoms with van der Waals surface area (Å²) in [5.41, 5.74) is 6.67. The minimum absolute atomic E-state index is 0.0770. The summed E-state index contributed by atoms with van der Waals surface area (Å²) < 4.78 is 0. The number of amides is 1. The molecule has 4 heteroatoms. The summed E-state index contributed by atoms with van der Waals surface area (Å²) in [4.78, 5) is 15.8. The van der Waals surface area contributed by atoms with Crippen molar-refractivity contribution in [3.05, 3.63) is 24.0 Å². The number of carbonyl (C=O) groups excluding carboxylic acids is 1. The Morgan fingerprint density at radius 2 is 2.12 bits per heavy atom. The monoisotopic (exact) mass is 219 g/mol. The van der Waals surface area contributed by atoms with Crippen LogP contribution in [0.15, 0.2) is 18.5 Å². The molecule has 1 heterocycles. The number of aromatic nitrogens is 1. The van der Waals surface area contributed by atoms with Gasteiger partial charge >= 0.3 is 0 Å². The van der Waals surface area contributed by atoms with Crippen LogP contribution < -0.4 is 11.1 Å². The SMILES string of the molecule is Nc1cnccc1C(=O)NC1CCCCC1. The normalized spacial score (nSPS) is 17.0. The van der Waals surface area contributed by atoms with Gasteiger partial charge in [0.2, 0.25) is 0 Å². The molecular weight excluding hydrogens is 202 g/mol. The van der Waals surface area contributed by atoms with Crippen molar-refractivity contribution in [2.45, 2.75) is 38.1 Å². The molecule has 0 unspecified atom stereocenters. The molecule has 16 heavy (non-hydrogen) atoms. The van der Waals surface area contributed by atoms with Gasteiger partial charge in [-0.15, -0.1) is 0 Å². The second-order valence-electron chi connectivity index (χ2n) is 4.27. The lowest BCUT2D eigenvalue weighted by atomic mass is 9.95. The van der Waals surface area contributed by atoms with E-state index in [1.807, 2.05) is 0 Å². The van der Waals surface area contributed by atoms with Crippen molar-refractivity contribution in [3.8, 4) is 0 Å². The number of nitrogen functional groups attached to an aromatic ring is 1. The highest BCUT2D eigenvalue weighted by molar-refractivity contribution is 5.98. The van der Waals surface area contributed by atoms with Crippen LogP contribution in [-0.4, -0.2) is 16.9 Å². The number of hydrogen-bond donors (Lipinski definition) is 2. The summed E-state index contributed by atoms with van der Waals surface area (Å²) in [7, 11) is 0. The third-order valence-electron chi connectivity index (χ3n) is 3.04. The van der Waals surface area contributed by atoms with Gasteiger partial charge in [-0.25, -0.2) is 0 Å². The van der Waals surface area contributed by atoms with Gasteiger partial charge in [0.05, 0.1) is 17.4 Å². The van der Waals surface area contributed by atoms with Gasteiger partial charge in [0.25, 0.3) is 5.91 Å². The third-order valence-corrected chi connectivity index (χ3v) is 3.04. The van der Waals surface area contributed by atoms with Crippen LogP contribution in [0.2, 0.25) is 0 Å². The van der Waals surface area contributed by atoms with Gasteiger partial charge in [0, 0.05) is 12.2 Å². The van der Waals surface area contributed by atoms with Gasteiger partial charge in [-0.2, -0.15) is 0 Å². The van der Waals surface area contributed by atoms with Crippen LogP contribution in [0.25, 0.3) is 0 Å². The molecule has 0 aliphatic heterocycles. The summed E-state index contributed by atoms with van der Waals surface area (Å²) in [5, 5.41) is 3.03. The van der Waals surface area contributed by atoms with Crippen LogP contribution in [0.4, 0.5) is 5.69 Å². The summed E-state index contributed by atoms with van der Waals surface area (Å²) >= 11 is 0. The van der Waals surface area contributed by atoms with Crippen LogP contribution >= 0.6 is 0 Å². The lowest BCUT2D eigenvalue weighted by molar-refractivity contribution is 0.0928. The first kappa shape index (κ1) is 10.9. The predicted octanol–water partition coefficient (Wildman–Crippen LogP) is 1.73. The first-order chi connectivity index (χ1) is 7.77. The van der Waals surface area contributed by atoms with Crippen LogP contribution in [0.3, 0.4) is 0 Å². The molecule has 0 spiro atoms. The standard InChI is InChI=1S/C12H17N3O/c13-11-8-14-7-6-10(11)12(16)15-9-4-2-1-3-5-9/h6-9H,1-5,13H2,(H,15,16). The summed E-state index contributed by atoms with van der Waals surface area (Å²) in [6, 6.07) is 1.97. The maximum Gasteiger partial charge on any atom is 0.253 e. The average molecular weight is 219 g/mol. The second kappa shape index (κ2) is 4.96. The average Bonchev–Trinajstić information content (AvgIpc) is 2.31. The molecule has 1 aromatic rings. The van der Waals surface area contributed by atoms with E-state index in [1.165, 1.54) is 25.5 Å². The lowest BCUT2D eigenvalue weighted by Gasteiger charge is -2.22. The maximum absolute atomic E-state index is 11.9. The van der Waals surface area contributed by atoms with Crippen molar-refractivity contribution in [1.82, 2.24) is 10.3 Å². The summed E-state index contributed by atoms with van der Waals surface area (Å²) in [6.45, 7) is 0. The minimum atomic E-state index is -0.0770. The number of hydrogen-bond acceptors (Lipinski definition) is 3. The van der Waals surface area contributed by atoms with Crippen LogP contribution in [0.1, 0.15) is 42.5 Å². The quantitative estimate of drug-likeness (QED) is 0.796. The lowest BCUT2D eigenvalue weighted by Crippen LogP contribution is -2.36. The van der Waals surface area contributed by atoms with E-state index >= 15 is 0 Å². The first-order valence-corrected chi connectivity index (χ1v) is 5.78. The van der Waals surface area contributed by atoms with Gasteiger partial charge in [0.1, 0.15) is 0 Å². The van der Waals surface area contributed by atoms with Crippen LogP contribution in [-0.2, 0) is 0 Å². The largest absolute Gasteiger partial charge is 0.397 e. The van der Waals surface area contributed by atoms with Gasteiger partial charge < -0.3 is 11.1 Å². The molecule has 1 amide bonds. The first-order valence-electron chi connectivity index (χ1n) is 5.78. The molecular formula is C12H17N3O. The third kappa shape index (κ3) is 2.51. The topological polar surface area (TPSA) is 68.0 Å². The van der Waals surface area contributed by atoms with Gasteiger partial charge in [-0.3, -0.25) is 9.78 Å². The fourth-order valence-electron chi connectivity index (χ4n) is 2.12. The molecule has 1 aliphatic carbocycles. The Morgan fingerprint density at radius 3 is 2.81 bits per heavy atom. The van der Waals surface area contributed by atoms with E-state index in [1.54, 1.807) is 12.3 Å². The van der Waals surface area contributed by atoms with Crippen molar-refractivity contribution < 1.29 is 4.79 Å². The zero-order valence-corrected chi connectivity index (χ0v) is 9.28. The molecule has 4 nitrogen and oxygen atoms in total. The van der Waals surface area contributed by atoms with E-state index in [9.17, 15) is 4.79 Å². The molecule has 0 bridgehead atoms. The van der Waals surface area contributed by atoms with E-state index in [4.69, 9.17) is 5.73 Å². The molecule has 1 aliphatic rings. The Balaban J connectivity index is 2.00. The van der Waals surface area contributed by atoms with Crippen molar-refractivity contribution >= 4 is 11.6 Å². The Kier molecular flexibility index (Phi) is 3.39. The molecule has 0 aromatic carbocycles. The number of rotatable bonds is 2. The van der Waals surface area contributed by atoms with E-state index in [-0.39, 0.29) is 5.91 Å². The van der Waals surface area contributed by atoms with E-state index in [0.717, 1.165) is 12.8 Å². The van der Waals surface area contributed by atoms with Gasteiger partial charge in [-0.1, -0.05) is 19.3 Å². The number of carbonyl (C=O) groups is 1. The van der Waals surface area contributed by atoms with Crippen molar-refractivity contribution in [1.29, 1.82) is 0 Å². The van der Waals surface area contributed by atoms with E-state index in [0.29, 0.717) is 17.3 Å². The minimum Gasteiger partial charge on any atom is -0.397 e. The maximum atomic E-state index is 11.9. The van der Waals surface area contributed by atoms with Crippen molar-refractivity contribution in [3.63, 3.8) is 0 Å². The van der Waals surface area contributed by atoms with Gasteiger partial charge in [-0.05, 0) is 18.9 Å². The molecule has 0 saturated heterocycles. The smallest absolute Gasteiger partial charge is 0.253 e. The molecule has 2 rings (SSSR count). The van der Waals surface area contributed by atoms with E-state index < -0.39 is 0 Å². The number of anilines is 1. The number of pyridine rings is 1. The molecule has 0 atom stereocenters. The zero-order valence-electron chi connectivity index (χ0n) is 9.28. The molecule has 1 aromatic heterocycles. The highest BCUT2D eigenvalue weighted by Crippen LogP contribution is 2.18. The fourth-order valence-corrected chi connectivity index (χ4v) is 2.12. The van der Waals surface area contributed by atoms with E-state index in [2.05, 4.69) is 10.3 Å². The Bertz CT molecular complexity index is 372. The van der Waals surface area contributed by atoms with Crippen LogP contribution in [0, 0.1) is 0 Å². The second-order valence-corrected chi connectivity index (χ2v) is 4.27. The highest BCUT2D eigenvalue weighted by atomic mass is 16.1. The fraction of sp³-hybridized carbons (Fsp3) is 0.500.